The van der Waals surface area contributed by atoms with E-state index in [4.69, 9.17) is 34.0 Å². The van der Waals surface area contributed by atoms with Crippen LogP contribution >= 0.6 is 7.82 Å². The van der Waals surface area contributed by atoms with Crippen molar-refractivity contribution in [3.8, 4) is 6.07 Å². The van der Waals surface area contributed by atoms with E-state index in [2.05, 4.69) is 20.3 Å². The lowest BCUT2D eigenvalue weighted by molar-refractivity contribution is -0.0243. The molecule has 15 nitrogen and oxygen atoms in total. The van der Waals surface area contributed by atoms with Crippen molar-refractivity contribution in [2.75, 3.05) is 32.1 Å². The topological polar surface area (TPSA) is 206 Å². The van der Waals surface area contributed by atoms with Gasteiger partial charge in [0.2, 0.25) is 5.95 Å². The van der Waals surface area contributed by atoms with Gasteiger partial charge in [0.05, 0.1) is 44.7 Å². The molecule has 16 heteroatoms. The molecule has 0 aliphatic carbocycles. The first kappa shape index (κ1) is 27.6. The second kappa shape index (κ2) is 11.8. The molecule has 1 aliphatic heterocycles. The summed E-state index contributed by atoms with van der Waals surface area (Å²) in [4.78, 5) is 34.3. The second-order valence-corrected chi connectivity index (χ2v) is 10.5. The predicted molar refractivity (Wildman–Crippen MR) is 126 cm³/mol. The SMILES string of the molecule is CC(C)(C)OC(=O)NCCOP(=O)(OCCC#N)OCC1CCC(n2cnc3c(=O)[nH]c(N)nc32)O1. The Morgan fingerprint density at radius 1 is 1.36 bits per heavy atom. The van der Waals surface area contributed by atoms with Crippen LogP contribution in [0.2, 0.25) is 0 Å². The fourth-order valence-corrected chi connectivity index (χ4v) is 4.48. The first-order valence-corrected chi connectivity index (χ1v) is 12.7. The number of rotatable bonds is 11. The van der Waals surface area contributed by atoms with E-state index in [1.54, 1.807) is 25.3 Å². The molecule has 1 aliphatic rings. The molecule has 0 bridgehead atoms. The molecule has 2 aromatic rings. The number of carbonyl (C=O) groups excluding carboxylic acids is 1. The molecule has 0 aromatic carbocycles. The number of amides is 1. The molecule has 36 heavy (non-hydrogen) atoms. The molecular weight excluding hydrogens is 497 g/mol. The average Bonchev–Trinajstić information content (AvgIpc) is 3.41. The highest BCUT2D eigenvalue weighted by Gasteiger charge is 2.33. The molecular formula is C20H30N7O8P. The van der Waals surface area contributed by atoms with Gasteiger partial charge in [-0.1, -0.05) is 0 Å². The molecule has 0 radical (unpaired) electrons. The Bertz CT molecular complexity index is 1200. The van der Waals surface area contributed by atoms with Gasteiger partial charge in [-0.2, -0.15) is 10.2 Å². The van der Waals surface area contributed by atoms with Gasteiger partial charge in [-0.15, -0.1) is 0 Å². The van der Waals surface area contributed by atoms with Gasteiger partial charge >= 0.3 is 13.9 Å². The number of aromatic amines is 1. The van der Waals surface area contributed by atoms with Crippen LogP contribution in [0.4, 0.5) is 10.7 Å². The molecule has 0 saturated carbocycles. The summed E-state index contributed by atoms with van der Waals surface area (Å²) in [7, 11) is -4.05. The Labute approximate surface area is 206 Å². The maximum Gasteiger partial charge on any atom is 0.474 e. The number of phosphoric ester groups is 1. The van der Waals surface area contributed by atoms with Crippen molar-refractivity contribution in [1.29, 1.82) is 5.26 Å². The number of phosphoric acid groups is 1. The Kier molecular flexibility index (Phi) is 9.04. The van der Waals surface area contributed by atoms with E-state index in [-0.39, 0.29) is 49.9 Å². The highest BCUT2D eigenvalue weighted by Crippen LogP contribution is 2.50. The van der Waals surface area contributed by atoms with Crippen LogP contribution in [0.3, 0.4) is 0 Å². The van der Waals surface area contributed by atoms with Crippen LogP contribution in [-0.4, -0.2) is 63.7 Å². The Morgan fingerprint density at radius 2 is 2.11 bits per heavy atom. The summed E-state index contributed by atoms with van der Waals surface area (Å²) in [5.41, 5.74) is 4.94. The van der Waals surface area contributed by atoms with Crippen LogP contribution in [-0.2, 0) is 27.6 Å². The number of imidazole rings is 1. The number of nitriles is 1. The number of anilines is 1. The smallest absolute Gasteiger partial charge is 0.444 e. The summed E-state index contributed by atoms with van der Waals surface area (Å²) in [5, 5.41) is 11.2. The normalized spacial score (nSPS) is 19.6. The average molecular weight is 527 g/mol. The Hall–Kier alpha value is -3.02. The lowest BCUT2D eigenvalue weighted by atomic mass is 10.2. The summed E-state index contributed by atoms with van der Waals surface area (Å²) in [6.45, 7) is 4.71. The zero-order valence-corrected chi connectivity index (χ0v) is 21.2. The third-order valence-electron chi connectivity index (χ3n) is 4.75. The zero-order valence-electron chi connectivity index (χ0n) is 20.3. The van der Waals surface area contributed by atoms with E-state index in [0.717, 1.165) is 0 Å². The van der Waals surface area contributed by atoms with Crippen molar-refractivity contribution in [3.05, 3.63) is 16.7 Å². The molecule has 1 fully saturated rings. The van der Waals surface area contributed by atoms with Gasteiger partial charge in [0, 0.05) is 6.54 Å². The molecule has 4 N–H and O–H groups in total. The number of fused-ring (bicyclic) bond motifs is 1. The van der Waals surface area contributed by atoms with E-state index in [0.29, 0.717) is 12.8 Å². The van der Waals surface area contributed by atoms with Crippen molar-refractivity contribution < 1.29 is 32.4 Å². The van der Waals surface area contributed by atoms with Crippen molar-refractivity contribution in [2.45, 2.75) is 58.0 Å². The third-order valence-corrected chi connectivity index (χ3v) is 6.21. The number of hydrogen-bond donors (Lipinski definition) is 3. The molecule has 1 saturated heterocycles. The van der Waals surface area contributed by atoms with Crippen molar-refractivity contribution in [2.24, 2.45) is 0 Å². The number of H-pyrrole nitrogens is 1. The first-order valence-electron chi connectivity index (χ1n) is 11.2. The molecule has 198 valence electrons. The van der Waals surface area contributed by atoms with Gasteiger partial charge in [-0.25, -0.2) is 14.3 Å². The third kappa shape index (κ3) is 7.74. The number of hydrogen-bond acceptors (Lipinski definition) is 12. The summed E-state index contributed by atoms with van der Waals surface area (Å²) < 4.78 is 41.7. The number of nitrogens with zero attached hydrogens (tertiary/aromatic N) is 4. The summed E-state index contributed by atoms with van der Waals surface area (Å²) >= 11 is 0. The van der Waals surface area contributed by atoms with E-state index in [1.807, 2.05) is 6.07 Å². The van der Waals surface area contributed by atoms with Gasteiger partial charge < -0.3 is 20.5 Å². The van der Waals surface area contributed by atoms with E-state index in [1.165, 1.54) is 6.33 Å². The van der Waals surface area contributed by atoms with Gasteiger partial charge in [0.1, 0.15) is 11.8 Å². The lowest BCUT2D eigenvalue weighted by Gasteiger charge is -2.21. The summed E-state index contributed by atoms with van der Waals surface area (Å²) in [5.74, 6) is -0.0408. The molecule has 3 atom stereocenters. The number of nitrogens with one attached hydrogen (secondary N) is 2. The maximum absolute atomic E-state index is 13.0. The molecule has 3 rings (SSSR count). The number of carbonyl (C=O) groups is 1. The van der Waals surface area contributed by atoms with Crippen LogP contribution in [0.5, 0.6) is 0 Å². The van der Waals surface area contributed by atoms with Crippen LogP contribution in [0, 0.1) is 11.3 Å². The van der Waals surface area contributed by atoms with Crippen LogP contribution in [0.25, 0.3) is 11.2 Å². The van der Waals surface area contributed by atoms with E-state index >= 15 is 0 Å². The fourth-order valence-electron chi connectivity index (χ4n) is 3.28. The number of aromatic nitrogens is 4. The monoisotopic (exact) mass is 527 g/mol. The minimum Gasteiger partial charge on any atom is -0.444 e. The second-order valence-electron chi connectivity index (χ2n) is 8.81. The van der Waals surface area contributed by atoms with Crippen LogP contribution in [0.15, 0.2) is 11.1 Å². The first-order chi connectivity index (χ1) is 17.0. The fraction of sp³-hybridized carbons (Fsp3) is 0.650. The van der Waals surface area contributed by atoms with Gasteiger partial charge in [0.15, 0.2) is 11.2 Å². The predicted octanol–water partition coefficient (Wildman–Crippen LogP) is 1.98. The maximum atomic E-state index is 13.0. The van der Waals surface area contributed by atoms with Crippen LogP contribution in [0.1, 0.15) is 46.3 Å². The minimum absolute atomic E-state index is 0.00512. The Balaban J connectivity index is 1.54. The van der Waals surface area contributed by atoms with Gasteiger partial charge in [-0.05, 0) is 33.6 Å². The number of nitrogen functional groups attached to an aromatic ring is 1. The largest absolute Gasteiger partial charge is 0.474 e. The van der Waals surface area contributed by atoms with Gasteiger partial charge in [-0.3, -0.25) is 27.9 Å². The van der Waals surface area contributed by atoms with Crippen LogP contribution < -0.4 is 16.6 Å². The Morgan fingerprint density at radius 3 is 2.83 bits per heavy atom. The molecule has 3 unspecified atom stereocenters. The lowest BCUT2D eigenvalue weighted by Crippen LogP contribution is -2.34. The zero-order chi connectivity index (χ0) is 26.3. The summed E-state index contributed by atoms with van der Waals surface area (Å²) in [6.07, 6.45) is 0.908. The number of ether oxygens (including phenoxy) is 2. The molecule has 1 amide bonds. The van der Waals surface area contributed by atoms with Crippen molar-refractivity contribution >= 4 is 31.0 Å². The molecule has 2 aromatic heterocycles. The molecule has 3 heterocycles. The standard InChI is InChI=1S/C20H30N7O8P/c1-20(2,3)35-19(29)23-8-10-32-36(30,31-9-4-7-21)33-11-13-5-6-14(34-13)27-12-24-15-16(27)25-18(22)26-17(15)28/h12-14H,4-6,8-11H2,1-3H3,(H,23,29)(H3,22,25,26,28). The number of nitrogens with two attached hydrogens (primary N) is 1. The van der Waals surface area contributed by atoms with E-state index in [9.17, 15) is 14.2 Å². The number of alkyl carbamates (subject to hydrolysis) is 1. The quantitative estimate of drug-likeness (QED) is 0.283. The molecule has 0 spiro atoms. The highest BCUT2D eigenvalue weighted by molar-refractivity contribution is 7.48. The van der Waals surface area contributed by atoms with E-state index < -0.39 is 37.4 Å². The summed E-state index contributed by atoms with van der Waals surface area (Å²) in [6, 6.07) is 1.88. The van der Waals surface area contributed by atoms with Crippen molar-refractivity contribution in [1.82, 2.24) is 24.8 Å². The van der Waals surface area contributed by atoms with Gasteiger partial charge in [0.25, 0.3) is 5.56 Å². The van der Waals surface area contributed by atoms with Crippen molar-refractivity contribution in [3.63, 3.8) is 0 Å². The minimum atomic E-state index is -4.05. The highest BCUT2D eigenvalue weighted by atomic mass is 31.2.